The lowest BCUT2D eigenvalue weighted by molar-refractivity contribution is -0.114. The maximum absolute atomic E-state index is 12.4. The second kappa shape index (κ2) is 8.38. The van der Waals surface area contributed by atoms with Gasteiger partial charge in [0.2, 0.25) is 15.9 Å². The Labute approximate surface area is 165 Å². The maximum Gasteiger partial charge on any atom is 0.265 e. The number of amides is 2. The van der Waals surface area contributed by atoms with Crippen molar-refractivity contribution in [3.05, 3.63) is 65.4 Å². The molecular formula is C18H17N3O5S2. The van der Waals surface area contributed by atoms with Crippen LogP contribution >= 0.6 is 11.3 Å². The average molecular weight is 419 g/mol. The summed E-state index contributed by atoms with van der Waals surface area (Å²) in [6.07, 6.45) is 1.46. The summed E-state index contributed by atoms with van der Waals surface area (Å²) in [4.78, 5) is 23.8. The highest BCUT2D eigenvalue weighted by Gasteiger charge is 2.16. The number of hydrogen-bond acceptors (Lipinski definition) is 6. The van der Waals surface area contributed by atoms with Crippen LogP contribution in [-0.4, -0.2) is 20.2 Å². The van der Waals surface area contributed by atoms with Crippen LogP contribution in [0.3, 0.4) is 0 Å². The number of carbonyl (C=O) groups excluding carboxylic acids is 2. The molecule has 0 atom stereocenters. The lowest BCUT2D eigenvalue weighted by atomic mass is 10.3. The fourth-order valence-electron chi connectivity index (χ4n) is 2.30. The van der Waals surface area contributed by atoms with Crippen LogP contribution in [0.2, 0.25) is 0 Å². The molecule has 0 saturated heterocycles. The van der Waals surface area contributed by atoms with E-state index in [1.54, 1.807) is 30.3 Å². The van der Waals surface area contributed by atoms with Gasteiger partial charge in [-0.2, -0.15) is 0 Å². The van der Waals surface area contributed by atoms with Gasteiger partial charge in [-0.1, -0.05) is 6.07 Å². The van der Waals surface area contributed by atoms with E-state index in [2.05, 4.69) is 15.4 Å². The van der Waals surface area contributed by atoms with Crippen molar-refractivity contribution in [1.29, 1.82) is 0 Å². The number of nitrogens with one attached hydrogen (secondary N) is 3. The molecule has 0 spiro atoms. The van der Waals surface area contributed by atoms with Gasteiger partial charge in [0.25, 0.3) is 5.91 Å². The molecule has 146 valence electrons. The SMILES string of the molecule is CC(=O)Nc1ccc(C(=O)Nc2cccc(S(=O)(=O)NCc3ccco3)c2)s1. The highest BCUT2D eigenvalue weighted by molar-refractivity contribution is 7.89. The van der Waals surface area contributed by atoms with E-state index in [0.29, 0.717) is 21.3 Å². The van der Waals surface area contributed by atoms with Crippen LogP contribution < -0.4 is 15.4 Å². The molecule has 3 aromatic rings. The Morgan fingerprint density at radius 3 is 2.61 bits per heavy atom. The van der Waals surface area contributed by atoms with Gasteiger partial charge in [-0.05, 0) is 42.5 Å². The first-order chi connectivity index (χ1) is 13.3. The summed E-state index contributed by atoms with van der Waals surface area (Å²) in [5.41, 5.74) is 0.334. The van der Waals surface area contributed by atoms with Gasteiger partial charge in [-0.3, -0.25) is 9.59 Å². The number of furan rings is 1. The van der Waals surface area contributed by atoms with Crippen molar-refractivity contribution in [3.8, 4) is 0 Å². The Hall–Kier alpha value is -2.95. The van der Waals surface area contributed by atoms with Gasteiger partial charge in [-0.25, -0.2) is 13.1 Å². The Bertz CT molecular complexity index is 1090. The van der Waals surface area contributed by atoms with Gasteiger partial charge < -0.3 is 15.1 Å². The summed E-state index contributed by atoms with van der Waals surface area (Å²) in [6.45, 7) is 1.40. The van der Waals surface area contributed by atoms with Crippen molar-refractivity contribution >= 4 is 43.9 Å². The third kappa shape index (κ3) is 5.06. The maximum atomic E-state index is 12.4. The van der Waals surface area contributed by atoms with Gasteiger partial charge in [-0.15, -0.1) is 11.3 Å². The smallest absolute Gasteiger partial charge is 0.265 e. The molecule has 0 aliphatic carbocycles. The van der Waals surface area contributed by atoms with Crippen LogP contribution in [0.1, 0.15) is 22.4 Å². The van der Waals surface area contributed by atoms with Gasteiger partial charge >= 0.3 is 0 Å². The topological polar surface area (TPSA) is 118 Å². The van der Waals surface area contributed by atoms with Gasteiger partial charge in [0.05, 0.1) is 27.6 Å². The molecule has 0 radical (unpaired) electrons. The second-order valence-corrected chi connectivity index (χ2v) is 8.58. The summed E-state index contributed by atoms with van der Waals surface area (Å²) < 4.78 is 32.4. The van der Waals surface area contributed by atoms with E-state index >= 15 is 0 Å². The Kier molecular flexibility index (Phi) is 5.93. The lowest BCUT2D eigenvalue weighted by Gasteiger charge is -2.08. The zero-order valence-electron chi connectivity index (χ0n) is 14.8. The average Bonchev–Trinajstić information content (AvgIpc) is 3.32. The molecule has 0 saturated carbocycles. The van der Waals surface area contributed by atoms with Crippen molar-refractivity contribution in [2.75, 3.05) is 10.6 Å². The number of benzene rings is 1. The molecule has 8 nitrogen and oxygen atoms in total. The third-order valence-corrected chi connectivity index (χ3v) is 5.95. The van der Waals surface area contributed by atoms with E-state index < -0.39 is 15.9 Å². The minimum atomic E-state index is -3.77. The van der Waals surface area contributed by atoms with Crippen molar-refractivity contribution < 1.29 is 22.4 Å². The molecule has 0 aliphatic heterocycles. The van der Waals surface area contributed by atoms with Crippen molar-refractivity contribution in [2.45, 2.75) is 18.4 Å². The van der Waals surface area contributed by atoms with Gasteiger partial charge in [0, 0.05) is 12.6 Å². The predicted octanol–water partition coefficient (Wildman–Crippen LogP) is 3.03. The number of anilines is 2. The first kappa shape index (κ1) is 19.8. The summed E-state index contributed by atoms with van der Waals surface area (Å²) in [6, 6.07) is 12.5. The highest BCUT2D eigenvalue weighted by Crippen LogP contribution is 2.23. The van der Waals surface area contributed by atoms with Crippen molar-refractivity contribution in [1.82, 2.24) is 4.72 Å². The molecule has 0 aliphatic rings. The standard InChI is InChI=1S/C18H17N3O5S2/c1-12(22)20-17-8-7-16(27-17)18(23)21-13-4-2-6-15(10-13)28(24,25)19-11-14-5-3-9-26-14/h2-10,19H,11H2,1H3,(H,20,22)(H,21,23). The monoisotopic (exact) mass is 419 g/mol. The van der Waals surface area contributed by atoms with E-state index in [1.807, 2.05) is 0 Å². The van der Waals surface area contributed by atoms with Crippen molar-refractivity contribution in [2.24, 2.45) is 0 Å². The van der Waals surface area contributed by atoms with Crippen LogP contribution in [0, 0.1) is 0 Å². The molecule has 28 heavy (non-hydrogen) atoms. The van der Waals surface area contributed by atoms with Crippen LogP contribution in [0.25, 0.3) is 0 Å². The van der Waals surface area contributed by atoms with E-state index in [4.69, 9.17) is 4.42 Å². The zero-order chi connectivity index (χ0) is 20.1. The van der Waals surface area contributed by atoms with E-state index in [1.165, 1.54) is 31.4 Å². The Balaban J connectivity index is 1.69. The molecular weight excluding hydrogens is 402 g/mol. The quantitative estimate of drug-likeness (QED) is 0.544. The molecule has 1 aromatic carbocycles. The summed E-state index contributed by atoms with van der Waals surface area (Å²) in [7, 11) is -3.77. The number of thiophene rings is 1. The first-order valence-corrected chi connectivity index (χ1v) is 10.4. The lowest BCUT2D eigenvalue weighted by Crippen LogP contribution is -2.23. The van der Waals surface area contributed by atoms with Gasteiger partial charge in [0.1, 0.15) is 5.76 Å². The number of rotatable bonds is 7. The van der Waals surface area contributed by atoms with E-state index in [0.717, 1.165) is 11.3 Å². The number of sulfonamides is 1. The molecule has 0 fully saturated rings. The number of hydrogen-bond donors (Lipinski definition) is 3. The fourth-order valence-corrected chi connectivity index (χ4v) is 4.18. The molecule has 2 amide bonds. The van der Waals surface area contributed by atoms with Gasteiger partial charge in [0.15, 0.2) is 0 Å². The molecule has 2 aromatic heterocycles. The normalized spacial score (nSPS) is 11.2. The third-order valence-electron chi connectivity index (χ3n) is 3.55. The molecule has 0 unspecified atom stereocenters. The van der Waals surface area contributed by atoms with Crippen LogP contribution in [0.4, 0.5) is 10.7 Å². The Morgan fingerprint density at radius 1 is 1.07 bits per heavy atom. The van der Waals surface area contributed by atoms with Crippen LogP contribution in [0.15, 0.2) is 64.1 Å². The van der Waals surface area contributed by atoms with E-state index in [-0.39, 0.29) is 17.3 Å². The predicted molar refractivity (Wildman–Crippen MR) is 106 cm³/mol. The summed E-state index contributed by atoms with van der Waals surface area (Å²) >= 11 is 1.12. The second-order valence-electron chi connectivity index (χ2n) is 5.73. The van der Waals surface area contributed by atoms with E-state index in [9.17, 15) is 18.0 Å². The van der Waals surface area contributed by atoms with Crippen LogP contribution in [0.5, 0.6) is 0 Å². The molecule has 3 N–H and O–H groups in total. The minimum Gasteiger partial charge on any atom is -0.468 e. The molecule has 2 heterocycles. The highest BCUT2D eigenvalue weighted by atomic mass is 32.2. The zero-order valence-corrected chi connectivity index (χ0v) is 16.4. The molecule has 3 rings (SSSR count). The number of carbonyl (C=O) groups is 2. The van der Waals surface area contributed by atoms with Crippen molar-refractivity contribution in [3.63, 3.8) is 0 Å². The fraction of sp³-hybridized carbons (Fsp3) is 0.111. The summed E-state index contributed by atoms with van der Waals surface area (Å²) in [5.74, 6) is -0.144. The first-order valence-electron chi connectivity index (χ1n) is 8.14. The summed E-state index contributed by atoms with van der Waals surface area (Å²) in [5, 5.41) is 5.81. The molecule has 10 heteroatoms. The molecule has 0 bridgehead atoms. The minimum absolute atomic E-state index is 0.0157. The largest absolute Gasteiger partial charge is 0.468 e. The van der Waals surface area contributed by atoms with Crippen LogP contribution in [-0.2, 0) is 21.4 Å². The Morgan fingerprint density at radius 2 is 1.89 bits per heavy atom.